The molecule has 0 saturated carbocycles. The molecule has 0 bridgehead atoms. The molecule has 2 aromatic carbocycles. The van der Waals surface area contributed by atoms with Crippen LogP contribution in [0.25, 0.3) is 0 Å². The van der Waals surface area contributed by atoms with E-state index >= 15 is 0 Å². The molecule has 2 rings (SSSR count). The molecule has 0 aliphatic carbocycles. The van der Waals surface area contributed by atoms with Gasteiger partial charge in [0.2, 0.25) is 0 Å². The van der Waals surface area contributed by atoms with Crippen LogP contribution in [-0.4, -0.2) is 22.4 Å². The monoisotopic (exact) mass is 288 g/mol. The first kappa shape index (κ1) is 14.5. The van der Waals surface area contributed by atoms with Gasteiger partial charge in [0.15, 0.2) is 5.78 Å². The molecule has 0 aliphatic rings. The van der Waals surface area contributed by atoms with Gasteiger partial charge >= 0.3 is 0 Å². The zero-order valence-electron chi connectivity index (χ0n) is 11.4. The number of rotatable bonds is 5. The third-order valence-electron chi connectivity index (χ3n) is 3.04. The van der Waals surface area contributed by atoms with Gasteiger partial charge in [-0.3, -0.25) is 9.00 Å². The molecule has 0 aromatic heterocycles. The first-order valence-electron chi connectivity index (χ1n) is 6.27. The molecule has 2 atom stereocenters. The smallest absolute Gasteiger partial charge is 0.178 e. The number of ketones is 1. The average molecular weight is 288 g/mol. The largest absolute Gasteiger partial charge is 0.497 e. The highest BCUT2D eigenvalue weighted by atomic mass is 32.2. The van der Waals surface area contributed by atoms with E-state index in [0.29, 0.717) is 16.2 Å². The normalized spacial score (nSPS) is 13.5. The fourth-order valence-electron chi connectivity index (χ4n) is 1.85. The summed E-state index contributed by atoms with van der Waals surface area (Å²) >= 11 is 0. The van der Waals surface area contributed by atoms with Crippen LogP contribution >= 0.6 is 0 Å². The molecule has 2 unspecified atom stereocenters. The Morgan fingerprint density at radius 1 is 1.05 bits per heavy atom. The van der Waals surface area contributed by atoms with Gasteiger partial charge in [-0.15, -0.1) is 0 Å². The maximum atomic E-state index is 12.4. The number of Topliss-reactive ketones (excluding diaryl/α,β-unsaturated/α-hetero) is 1. The number of carbonyl (C=O) groups excluding carboxylic acids is 1. The molecule has 20 heavy (non-hydrogen) atoms. The van der Waals surface area contributed by atoms with Gasteiger partial charge in [0.25, 0.3) is 0 Å². The van der Waals surface area contributed by atoms with Gasteiger partial charge in [-0.05, 0) is 31.2 Å². The van der Waals surface area contributed by atoms with Crippen molar-refractivity contribution in [2.75, 3.05) is 7.11 Å². The minimum atomic E-state index is -1.37. The summed E-state index contributed by atoms with van der Waals surface area (Å²) in [7, 11) is 0.203. The summed E-state index contributed by atoms with van der Waals surface area (Å²) in [6.07, 6.45) is 0. The lowest BCUT2D eigenvalue weighted by Crippen LogP contribution is -2.22. The predicted molar refractivity (Wildman–Crippen MR) is 79.6 cm³/mol. The van der Waals surface area contributed by atoms with Crippen molar-refractivity contribution in [3.63, 3.8) is 0 Å². The fourth-order valence-corrected chi connectivity index (χ4v) is 2.99. The number of ether oxygens (including phenoxy) is 1. The van der Waals surface area contributed by atoms with E-state index in [0.717, 1.165) is 0 Å². The van der Waals surface area contributed by atoms with Crippen LogP contribution < -0.4 is 4.74 Å². The highest BCUT2D eigenvalue weighted by molar-refractivity contribution is 7.86. The Morgan fingerprint density at radius 3 is 2.20 bits per heavy atom. The lowest BCUT2D eigenvalue weighted by atomic mass is 10.1. The average Bonchev–Trinajstić information content (AvgIpc) is 2.53. The van der Waals surface area contributed by atoms with Gasteiger partial charge in [-0.25, -0.2) is 0 Å². The number of benzene rings is 2. The van der Waals surface area contributed by atoms with E-state index in [1.54, 1.807) is 62.6 Å². The van der Waals surface area contributed by atoms with Gasteiger partial charge in [0.1, 0.15) is 5.75 Å². The maximum Gasteiger partial charge on any atom is 0.178 e. The van der Waals surface area contributed by atoms with Crippen LogP contribution in [-0.2, 0) is 10.8 Å². The van der Waals surface area contributed by atoms with E-state index in [-0.39, 0.29) is 5.78 Å². The maximum absolute atomic E-state index is 12.4. The molecule has 0 radical (unpaired) electrons. The van der Waals surface area contributed by atoms with Crippen molar-refractivity contribution < 1.29 is 13.7 Å². The summed E-state index contributed by atoms with van der Waals surface area (Å²) in [5.74, 6) is 0.590. The molecule has 0 amide bonds. The molecule has 0 aliphatic heterocycles. The third-order valence-corrected chi connectivity index (χ3v) is 4.63. The predicted octanol–water partition coefficient (Wildman–Crippen LogP) is 3.07. The second kappa shape index (κ2) is 6.48. The fraction of sp³-hybridized carbons (Fsp3) is 0.188. The summed E-state index contributed by atoms with van der Waals surface area (Å²) in [6.45, 7) is 1.69. The van der Waals surface area contributed by atoms with Crippen LogP contribution in [0.2, 0.25) is 0 Å². The van der Waals surface area contributed by atoms with Crippen molar-refractivity contribution in [2.45, 2.75) is 17.1 Å². The Kier molecular flexibility index (Phi) is 4.69. The van der Waals surface area contributed by atoms with Crippen LogP contribution in [0.5, 0.6) is 5.75 Å². The Labute approximate surface area is 121 Å². The highest BCUT2D eigenvalue weighted by Gasteiger charge is 2.22. The van der Waals surface area contributed by atoms with E-state index in [1.807, 2.05) is 6.07 Å². The van der Waals surface area contributed by atoms with Gasteiger partial charge in [-0.1, -0.05) is 30.3 Å². The van der Waals surface area contributed by atoms with E-state index in [4.69, 9.17) is 4.74 Å². The molecular weight excluding hydrogens is 272 g/mol. The highest BCUT2D eigenvalue weighted by Crippen LogP contribution is 2.18. The molecular formula is C16H16O3S. The Bertz CT molecular complexity index is 605. The van der Waals surface area contributed by atoms with Crippen LogP contribution in [0.1, 0.15) is 17.3 Å². The van der Waals surface area contributed by atoms with Crippen molar-refractivity contribution in [3.8, 4) is 5.75 Å². The molecule has 2 aromatic rings. The molecule has 0 N–H and O–H groups in total. The molecule has 4 heteroatoms. The molecule has 104 valence electrons. The second-order valence-electron chi connectivity index (χ2n) is 4.35. The van der Waals surface area contributed by atoms with Crippen LogP contribution in [0.3, 0.4) is 0 Å². The van der Waals surface area contributed by atoms with E-state index in [1.165, 1.54) is 0 Å². The topological polar surface area (TPSA) is 43.4 Å². The molecule has 0 fully saturated rings. The van der Waals surface area contributed by atoms with Gasteiger partial charge in [0.05, 0.1) is 23.2 Å². The zero-order valence-corrected chi connectivity index (χ0v) is 12.2. The van der Waals surface area contributed by atoms with Crippen LogP contribution in [0.15, 0.2) is 59.5 Å². The standard InChI is InChI=1S/C16H16O3S/c1-12(16(17)13-6-4-3-5-7-13)20(18)15-10-8-14(19-2)9-11-15/h3-12H,1-2H3. The minimum Gasteiger partial charge on any atom is -0.497 e. The Morgan fingerprint density at radius 2 is 1.65 bits per heavy atom. The Hall–Kier alpha value is -1.94. The molecule has 0 heterocycles. The van der Waals surface area contributed by atoms with Gasteiger partial charge < -0.3 is 4.74 Å². The SMILES string of the molecule is COc1ccc(S(=O)C(C)C(=O)c2ccccc2)cc1. The number of carbonyl (C=O) groups is 1. The summed E-state index contributed by atoms with van der Waals surface area (Å²) in [6, 6.07) is 15.9. The van der Waals surface area contributed by atoms with Crippen molar-refractivity contribution in [1.82, 2.24) is 0 Å². The Balaban J connectivity index is 2.17. The molecule has 3 nitrogen and oxygen atoms in total. The van der Waals surface area contributed by atoms with Crippen molar-refractivity contribution >= 4 is 16.6 Å². The summed E-state index contributed by atoms with van der Waals surface area (Å²) in [5.41, 5.74) is 0.585. The minimum absolute atomic E-state index is 0.111. The van der Waals surface area contributed by atoms with E-state index < -0.39 is 16.0 Å². The summed E-state index contributed by atoms with van der Waals surface area (Å²) < 4.78 is 17.5. The van der Waals surface area contributed by atoms with Crippen molar-refractivity contribution in [2.24, 2.45) is 0 Å². The van der Waals surface area contributed by atoms with Crippen LogP contribution in [0, 0.1) is 0 Å². The quantitative estimate of drug-likeness (QED) is 0.794. The van der Waals surface area contributed by atoms with Crippen molar-refractivity contribution in [1.29, 1.82) is 0 Å². The van der Waals surface area contributed by atoms with E-state index in [2.05, 4.69) is 0 Å². The van der Waals surface area contributed by atoms with Gasteiger partial charge in [0, 0.05) is 10.5 Å². The first-order chi connectivity index (χ1) is 9.63. The number of hydrogen-bond donors (Lipinski definition) is 0. The second-order valence-corrected chi connectivity index (χ2v) is 6.12. The molecule has 0 spiro atoms. The third kappa shape index (κ3) is 3.14. The zero-order chi connectivity index (χ0) is 14.5. The van der Waals surface area contributed by atoms with E-state index in [9.17, 15) is 9.00 Å². The van der Waals surface area contributed by atoms with Gasteiger partial charge in [-0.2, -0.15) is 0 Å². The lowest BCUT2D eigenvalue weighted by Gasteiger charge is -2.11. The summed E-state index contributed by atoms with van der Waals surface area (Å²) in [4.78, 5) is 12.9. The summed E-state index contributed by atoms with van der Waals surface area (Å²) in [5, 5.41) is -0.578. The number of hydrogen-bond acceptors (Lipinski definition) is 3. The number of methoxy groups -OCH3 is 1. The van der Waals surface area contributed by atoms with Crippen molar-refractivity contribution in [3.05, 3.63) is 60.2 Å². The first-order valence-corrected chi connectivity index (χ1v) is 7.48. The lowest BCUT2D eigenvalue weighted by molar-refractivity contribution is 0.0992. The van der Waals surface area contributed by atoms with Crippen LogP contribution in [0.4, 0.5) is 0 Å². The molecule has 0 saturated heterocycles.